The van der Waals surface area contributed by atoms with Crippen molar-refractivity contribution in [1.29, 1.82) is 0 Å². The molecule has 1 atom stereocenters. The van der Waals surface area contributed by atoms with E-state index in [4.69, 9.17) is 4.98 Å². The maximum absolute atomic E-state index is 11.5. The molecule has 0 radical (unpaired) electrons. The van der Waals surface area contributed by atoms with Crippen LogP contribution >= 0.6 is 0 Å². The number of carbonyl (C=O) groups excluding carboxylic acids is 1. The smallest absolute Gasteiger partial charge is 0.220 e. The number of pyridine rings is 2. The lowest BCUT2D eigenvalue weighted by atomic mass is 10.0. The van der Waals surface area contributed by atoms with Crippen LogP contribution in [-0.2, 0) is 17.8 Å². The number of rotatable bonds is 6. The lowest BCUT2D eigenvalue weighted by Gasteiger charge is -2.24. The number of likely N-dealkylation sites (tertiary alicyclic amines) is 1. The van der Waals surface area contributed by atoms with Crippen molar-refractivity contribution in [3.8, 4) is 0 Å². The van der Waals surface area contributed by atoms with Crippen molar-refractivity contribution in [3.05, 3.63) is 59.2 Å². The Bertz CT molecular complexity index is 717. The van der Waals surface area contributed by atoms with Crippen LogP contribution in [0.1, 0.15) is 47.8 Å². The molecule has 1 aliphatic heterocycles. The average Bonchev–Trinajstić information content (AvgIpc) is 3.08. The number of aromatic nitrogens is 2. The van der Waals surface area contributed by atoms with Crippen molar-refractivity contribution in [2.24, 2.45) is 0 Å². The Hall–Kier alpha value is -2.27. The maximum atomic E-state index is 11.5. The fourth-order valence-corrected chi connectivity index (χ4v) is 3.54. The summed E-state index contributed by atoms with van der Waals surface area (Å²) in [7, 11) is 1.68. The van der Waals surface area contributed by atoms with Crippen LogP contribution in [0, 0.1) is 6.92 Å². The van der Waals surface area contributed by atoms with Crippen molar-refractivity contribution in [2.75, 3.05) is 13.6 Å². The molecular weight excluding hydrogens is 312 g/mol. The minimum atomic E-state index is 0.0788. The highest BCUT2D eigenvalue weighted by Gasteiger charge is 2.27. The van der Waals surface area contributed by atoms with Crippen molar-refractivity contribution in [2.45, 2.75) is 45.2 Å². The summed E-state index contributed by atoms with van der Waals surface area (Å²) in [6.07, 6.45) is 7.34. The Balaban J connectivity index is 1.75. The largest absolute Gasteiger partial charge is 0.359 e. The molecule has 132 valence electrons. The molecule has 25 heavy (non-hydrogen) atoms. The standard InChI is InChI=1S/C20H26N4O/c1-15-11-16(7-8-20(25)21-2)12-18(23-15)19-6-4-10-24(19)14-17-5-3-9-22-13-17/h3,5,9,11-13,19H,4,6-8,10,14H2,1-2H3,(H,21,25)/t19-/m1/s1. The Kier molecular flexibility index (Phi) is 5.76. The zero-order chi connectivity index (χ0) is 17.6. The van der Waals surface area contributed by atoms with Gasteiger partial charge in [0.05, 0.1) is 11.7 Å². The summed E-state index contributed by atoms with van der Waals surface area (Å²) in [4.78, 5) is 23.0. The van der Waals surface area contributed by atoms with Gasteiger partial charge in [-0.15, -0.1) is 0 Å². The summed E-state index contributed by atoms with van der Waals surface area (Å²) >= 11 is 0. The molecule has 0 bridgehead atoms. The second-order valence-corrected chi connectivity index (χ2v) is 6.70. The first-order chi connectivity index (χ1) is 12.2. The van der Waals surface area contributed by atoms with Gasteiger partial charge in [0.1, 0.15) is 0 Å². The lowest BCUT2D eigenvalue weighted by molar-refractivity contribution is -0.120. The van der Waals surface area contributed by atoms with Gasteiger partial charge < -0.3 is 5.32 Å². The number of nitrogens with one attached hydrogen (secondary N) is 1. The van der Waals surface area contributed by atoms with E-state index in [9.17, 15) is 4.79 Å². The Labute approximate surface area is 149 Å². The number of hydrogen-bond donors (Lipinski definition) is 1. The van der Waals surface area contributed by atoms with Crippen molar-refractivity contribution in [3.63, 3.8) is 0 Å². The second kappa shape index (κ2) is 8.21. The molecule has 0 aromatic carbocycles. The van der Waals surface area contributed by atoms with E-state index in [0.717, 1.165) is 37.3 Å². The molecule has 2 aromatic rings. The van der Waals surface area contributed by atoms with E-state index in [1.807, 2.05) is 25.4 Å². The first kappa shape index (κ1) is 17.5. The molecule has 1 N–H and O–H groups in total. The van der Waals surface area contributed by atoms with Crippen LogP contribution in [0.4, 0.5) is 0 Å². The molecule has 0 unspecified atom stereocenters. The number of aryl methyl sites for hydroxylation is 2. The number of hydrogen-bond acceptors (Lipinski definition) is 4. The summed E-state index contributed by atoms with van der Waals surface area (Å²) in [6, 6.07) is 8.73. The van der Waals surface area contributed by atoms with Crippen LogP contribution in [0.2, 0.25) is 0 Å². The fraction of sp³-hybridized carbons (Fsp3) is 0.450. The first-order valence-corrected chi connectivity index (χ1v) is 8.96. The molecule has 3 rings (SSSR count). The number of nitrogens with zero attached hydrogens (tertiary/aromatic N) is 3. The van der Waals surface area contributed by atoms with Crippen LogP contribution in [0.25, 0.3) is 0 Å². The summed E-state index contributed by atoms with van der Waals surface area (Å²) < 4.78 is 0. The Morgan fingerprint density at radius 1 is 1.36 bits per heavy atom. The Morgan fingerprint density at radius 3 is 3.00 bits per heavy atom. The molecule has 1 saturated heterocycles. The molecule has 3 heterocycles. The van der Waals surface area contributed by atoms with Gasteiger partial charge in [0.2, 0.25) is 5.91 Å². The van der Waals surface area contributed by atoms with E-state index in [2.05, 4.69) is 33.4 Å². The molecule has 5 heteroatoms. The molecule has 0 aliphatic carbocycles. The van der Waals surface area contributed by atoms with Gasteiger partial charge in [-0.2, -0.15) is 0 Å². The van der Waals surface area contributed by atoms with Gasteiger partial charge >= 0.3 is 0 Å². The minimum absolute atomic E-state index is 0.0788. The summed E-state index contributed by atoms with van der Waals surface area (Å²) in [5.41, 5.74) is 4.59. The first-order valence-electron chi connectivity index (χ1n) is 8.96. The number of carbonyl (C=O) groups is 1. The molecule has 1 fully saturated rings. The highest BCUT2D eigenvalue weighted by molar-refractivity contribution is 5.75. The Morgan fingerprint density at radius 2 is 2.24 bits per heavy atom. The van der Waals surface area contributed by atoms with Crippen molar-refractivity contribution >= 4 is 5.91 Å². The van der Waals surface area contributed by atoms with Gasteiger partial charge in [-0.25, -0.2) is 0 Å². The third-order valence-corrected chi connectivity index (χ3v) is 4.77. The third kappa shape index (κ3) is 4.63. The SMILES string of the molecule is CNC(=O)CCc1cc(C)nc([C@H]2CCCN2Cc2cccnc2)c1. The quantitative estimate of drug-likeness (QED) is 0.880. The molecule has 5 nitrogen and oxygen atoms in total. The maximum Gasteiger partial charge on any atom is 0.220 e. The topological polar surface area (TPSA) is 58.1 Å². The fourth-order valence-electron chi connectivity index (χ4n) is 3.54. The third-order valence-electron chi connectivity index (χ3n) is 4.77. The predicted molar refractivity (Wildman–Crippen MR) is 98.0 cm³/mol. The van der Waals surface area contributed by atoms with Crippen molar-refractivity contribution in [1.82, 2.24) is 20.2 Å². The van der Waals surface area contributed by atoms with Gasteiger partial charge in [0.15, 0.2) is 0 Å². The van der Waals surface area contributed by atoms with Gasteiger partial charge in [-0.05, 0) is 62.1 Å². The van der Waals surface area contributed by atoms with E-state index in [0.29, 0.717) is 12.5 Å². The van der Waals surface area contributed by atoms with Gasteiger partial charge in [0, 0.05) is 38.1 Å². The van der Waals surface area contributed by atoms with E-state index in [1.165, 1.54) is 17.5 Å². The predicted octanol–water partition coefficient (Wildman–Crippen LogP) is 2.80. The van der Waals surface area contributed by atoms with Crippen LogP contribution < -0.4 is 5.32 Å². The van der Waals surface area contributed by atoms with Crippen LogP contribution in [-0.4, -0.2) is 34.4 Å². The van der Waals surface area contributed by atoms with E-state index < -0.39 is 0 Å². The minimum Gasteiger partial charge on any atom is -0.359 e. The van der Waals surface area contributed by atoms with Crippen LogP contribution in [0.3, 0.4) is 0 Å². The number of amides is 1. The lowest BCUT2D eigenvalue weighted by Crippen LogP contribution is -2.24. The van der Waals surface area contributed by atoms with Gasteiger partial charge in [-0.1, -0.05) is 6.07 Å². The second-order valence-electron chi connectivity index (χ2n) is 6.70. The van der Waals surface area contributed by atoms with Crippen molar-refractivity contribution < 1.29 is 4.79 Å². The molecule has 2 aromatic heterocycles. The molecule has 1 amide bonds. The van der Waals surface area contributed by atoms with Crippen LogP contribution in [0.15, 0.2) is 36.7 Å². The highest BCUT2D eigenvalue weighted by Crippen LogP contribution is 2.32. The zero-order valence-electron chi connectivity index (χ0n) is 15.0. The molecule has 1 aliphatic rings. The molecule has 0 spiro atoms. The van der Waals surface area contributed by atoms with Crippen LogP contribution in [0.5, 0.6) is 0 Å². The summed E-state index contributed by atoms with van der Waals surface area (Å²) in [5.74, 6) is 0.0788. The van der Waals surface area contributed by atoms with Gasteiger partial charge in [-0.3, -0.25) is 19.7 Å². The van der Waals surface area contributed by atoms with E-state index in [-0.39, 0.29) is 5.91 Å². The van der Waals surface area contributed by atoms with E-state index >= 15 is 0 Å². The highest BCUT2D eigenvalue weighted by atomic mass is 16.1. The molecular formula is C20H26N4O. The monoisotopic (exact) mass is 338 g/mol. The zero-order valence-corrected chi connectivity index (χ0v) is 15.0. The van der Waals surface area contributed by atoms with Gasteiger partial charge in [0.25, 0.3) is 0 Å². The van der Waals surface area contributed by atoms with E-state index in [1.54, 1.807) is 7.05 Å². The average molecular weight is 338 g/mol. The summed E-state index contributed by atoms with van der Waals surface area (Å²) in [6.45, 7) is 4.03. The molecule has 0 saturated carbocycles. The normalized spacial score (nSPS) is 17.6. The summed E-state index contributed by atoms with van der Waals surface area (Å²) in [5, 5.41) is 2.69.